The summed E-state index contributed by atoms with van der Waals surface area (Å²) >= 11 is 10.2. The first kappa shape index (κ1) is 15.0. The average Bonchev–Trinajstić information content (AvgIpc) is 2.39. The summed E-state index contributed by atoms with van der Waals surface area (Å²) in [7, 11) is 0. The van der Waals surface area contributed by atoms with Gasteiger partial charge in [-0.25, -0.2) is 0 Å². The van der Waals surface area contributed by atoms with Gasteiger partial charge in [-0.3, -0.25) is 0 Å². The lowest BCUT2D eigenvalue weighted by Gasteiger charge is -2.13. The summed E-state index contributed by atoms with van der Waals surface area (Å²) in [5.74, 6) is 0.675. The molecule has 0 radical (unpaired) electrons. The van der Waals surface area contributed by atoms with Gasteiger partial charge in [-0.2, -0.15) is 0 Å². The second-order valence-corrected chi connectivity index (χ2v) is 6.63. The highest BCUT2D eigenvalue weighted by Gasteiger charge is 2.09. The average molecular weight is 451 g/mol. The molecule has 100 valence electrons. The van der Waals surface area contributed by atoms with E-state index in [0.717, 1.165) is 24.5 Å². The van der Waals surface area contributed by atoms with Gasteiger partial charge in [0.15, 0.2) is 0 Å². The number of hydrogen-bond donors (Lipinski definition) is 1. The van der Waals surface area contributed by atoms with Gasteiger partial charge in [0.05, 0.1) is 11.1 Å². The van der Waals surface area contributed by atoms with E-state index >= 15 is 0 Å². The van der Waals surface area contributed by atoms with Crippen LogP contribution in [0.5, 0.6) is 5.75 Å². The van der Waals surface area contributed by atoms with Crippen molar-refractivity contribution in [1.29, 1.82) is 0 Å². The van der Waals surface area contributed by atoms with Crippen LogP contribution in [-0.4, -0.2) is 5.11 Å². The first-order valence-electron chi connectivity index (χ1n) is 5.56. The van der Waals surface area contributed by atoms with Crippen molar-refractivity contribution in [2.75, 3.05) is 0 Å². The van der Waals surface area contributed by atoms with Gasteiger partial charge >= 0.3 is 0 Å². The highest BCUT2D eigenvalue weighted by Crippen LogP contribution is 2.33. The molecule has 1 N–H and O–H groups in total. The van der Waals surface area contributed by atoms with Crippen molar-refractivity contribution >= 4 is 47.8 Å². The monoisotopic (exact) mass is 448 g/mol. The number of aliphatic hydroxyl groups excluding tert-OH is 1. The molecule has 0 aromatic heterocycles. The van der Waals surface area contributed by atoms with Gasteiger partial charge in [0.25, 0.3) is 0 Å². The third kappa shape index (κ3) is 4.05. The van der Waals surface area contributed by atoms with E-state index in [0.29, 0.717) is 12.4 Å². The Hall–Kier alpha value is -0.360. The first-order valence-corrected chi connectivity index (χ1v) is 7.94. The van der Waals surface area contributed by atoms with E-state index in [1.807, 2.05) is 36.4 Å². The van der Waals surface area contributed by atoms with E-state index in [1.54, 1.807) is 0 Å². The second-order valence-electron chi connectivity index (χ2n) is 3.95. The molecule has 0 aliphatic rings. The molecule has 0 bridgehead atoms. The number of hydrogen-bond acceptors (Lipinski definition) is 2. The highest BCUT2D eigenvalue weighted by atomic mass is 79.9. The summed E-state index contributed by atoms with van der Waals surface area (Å²) in [6.07, 6.45) is 0. The fraction of sp³-hybridized carbons (Fsp3) is 0.143. The molecule has 2 nitrogen and oxygen atoms in total. The van der Waals surface area contributed by atoms with Crippen LogP contribution >= 0.6 is 47.8 Å². The summed E-state index contributed by atoms with van der Waals surface area (Å²) in [6, 6.07) is 11.7. The quantitative estimate of drug-likeness (QED) is 0.706. The molecule has 0 heterocycles. The van der Waals surface area contributed by atoms with E-state index in [9.17, 15) is 5.11 Å². The fourth-order valence-electron chi connectivity index (χ4n) is 1.63. The Kier molecular flexibility index (Phi) is 5.45. The summed E-state index contributed by atoms with van der Waals surface area (Å²) in [5.41, 5.74) is 1.82. The van der Waals surface area contributed by atoms with Crippen LogP contribution in [0.15, 0.2) is 49.8 Å². The molecular formula is C14H11Br3O2. The lowest BCUT2D eigenvalue weighted by atomic mass is 10.2. The van der Waals surface area contributed by atoms with Crippen LogP contribution in [0.4, 0.5) is 0 Å². The Balaban J connectivity index is 2.17. The predicted molar refractivity (Wildman–Crippen MR) is 86.2 cm³/mol. The number of benzene rings is 2. The van der Waals surface area contributed by atoms with Crippen molar-refractivity contribution < 1.29 is 9.84 Å². The van der Waals surface area contributed by atoms with Crippen LogP contribution < -0.4 is 4.74 Å². The summed E-state index contributed by atoms with van der Waals surface area (Å²) < 4.78 is 8.56. The van der Waals surface area contributed by atoms with E-state index in [-0.39, 0.29) is 6.61 Å². The zero-order valence-electron chi connectivity index (χ0n) is 9.87. The Bertz CT molecular complexity index is 568. The molecule has 0 unspecified atom stereocenters. The lowest BCUT2D eigenvalue weighted by molar-refractivity contribution is 0.258. The molecule has 5 heteroatoms. The lowest BCUT2D eigenvalue weighted by Crippen LogP contribution is -2.00. The molecular weight excluding hydrogens is 440 g/mol. The van der Waals surface area contributed by atoms with Gasteiger partial charge < -0.3 is 9.84 Å². The van der Waals surface area contributed by atoms with Gasteiger partial charge in [-0.05, 0) is 45.8 Å². The minimum absolute atomic E-state index is 0.0618. The SMILES string of the molecule is OCc1cc(Br)cc(Br)c1OCc1ccc(Br)cc1. The van der Waals surface area contributed by atoms with Crippen molar-refractivity contribution in [1.82, 2.24) is 0 Å². The number of aliphatic hydroxyl groups is 1. The largest absolute Gasteiger partial charge is 0.487 e. The number of ether oxygens (including phenoxy) is 1. The van der Waals surface area contributed by atoms with Crippen LogP contribution in [-0.2, 0) is 13.2 Å². The Labute approximate surface area is 137 Å². The first-order chi connectivity index (χ1) is 9.10. The van der Waals surface area contributed by atoms with Crippen molar-refractivity contribution in [3.63, 3.8) is 0 Å². The molecule has 0 spiro atoms. The van der Waals surface area contributed by atoms with E-state index < -0.39 is 0 Å². The maximum atomic E-state index is 9.37. The zero-order chi connectivity index (χ0) is 13.8. The third-order valence-corrected chi connectivity index (χ3v) is 4.13. The maximum absolute atomic E-state index is 9.37. The Morgan fingerprint density at radius 1 is 0.947 bits per heavy atom. The molecule has 19 heavy (non-hydrogen) atoms. The summed E-state index contributed by atoms with van der Waals surface area (Å²) in [4.78, 5) is 0. The van der Waals surface area contributed by atoms with Gasteiger partial charge in [0, 0.05) is 14.5 Å². The minimum atomic E-state index is -0.0618. The Morgan fingerprint density at radius 3 is 2.26 bits per heavy atom. The standard InChI is InChI=1S/C14H11Br3O2/c15-11-3-1-9(2-4-11)8-19-14-10(7-18)5-12(16)6-13(14)17/h1-6,18H,7-8H2. The third-order valence-electron chi connectivity index (χ3n) is 2.55. The van der Waals surface area contributed by atoms with Gasteiger partial charge in [-0.1, -0.05) is 44.0 Å². The van der Waals surface area contributed by atoms with Crippen LogP contribution in [0.25, 0.3) is 0 Å². The summed E-state index contributed by atoms with van der Waals surface area (Å²) in [6.45, 7) is 0.397. The molecule has 2 rings (SSSR count). The minimum Gasteiger partial charge on any atom is -0.487 e. The topological polar surface area (TPSA) is 29.5 Å². The highest BCUT2D eigenvalue weighted by molar-refractivity contribution is 9.11. The smallest absolute Gasteiger partial charge is 0.139 e. The van der Waals surface area contributed by atoms with Crippen LogP contribution in [0, 0.1) is 0 Å². The number of rotatable bonds is 4. The molecule has 0 saturated carbocycles. The van der Waals surface area contributed by atoms with E-state index in [2.05, 4.69) is 47.8 Å². The molecule has 0 aliphatic heterocycles. The van der Waals surface area contributed by atoms with Crippen LogP contribution in [0.1, 0.15) is 11.1 Å². The second kappa shape index (κ2) is 6.88. The maximum Gasteiger partial charge on any atom is 0.139 e. The molecule has 0 aliphatic carbocycles. The van der Waals surface area contributed by atoms with E-state index in [1.165, 1.54) is 0 Å². The van der Waals surface area contributed by atoms with Crippen molar-refractivity contribution in [2.24, 2.45) is 0 Å². The van der Waals surface area contributed by atoms with Gasteiger partial charge in [-0.15, -0.1) is 0 Å². The van der Waals surface area contributed by atoms with Crippen LogP contribution in [0.3, 0.4) is 0 Å². The zero-order valence-corrected chi connectivity index (χ0v) is 14.6. The Morgan fingerprint density at radius 2 is 1.63 bits per heavy atom. The molecule has 0 amide bonds. The predicted octanol–water partition coefficient (Wildman–Crippen LogP) is 5.05. The fourth-order valence-corrected chi connectivity index (χ4v) is 3.32. The van der Waals surface area contributed by atoms with Gasteiger partial charge in [0.2, 0.25) is 0 Å². The molecule has 2 aromatic rings. The molecule has 0 saturated heterocycles. The number of halogens is 3. The molecule has 0 fully saturated rings. The van der Waals surface area contributed by atoms with Crippen molar-refractivity contribution in [3.8, 4) is 5.75 Å². The molecule has 0 atom stereocenters. The van der Waals surface area contributed by atoms with Crippen molar-refractivity contribution in [3.05, 3.63) is 60.9 Å². The van der Waals surface area contributed by atoms with Crippen molar-refractivity contribution in [2.45, 2.75) is 13.2 Å². The molecule has 2 aromatic carbocycles. The normalized spacial score (nSPS) is 10.5. The summed E-state index contributed by atoms with van der Waals surface area (Å²) in [5, 5.41) is 9.37. The van der Waals surface area contributed by atoms with Gasteiger partial charge in [0.1, 0.15) is 12.4 Å². The van der Waals surface area contributed by atoms with Crippen LogP contribution in [0.2, 0.25) is 0 Å². The van der Waals surface area contributed by atoms with E-state index in [4.69, 9.17) is 4.74 Å².